The molecule has 3 N–H and O–H groups in total. The van der Waals surface area contributed by atoms with Crippen LogP contribution in [0.2, 0.25) is 0 Å². The Morgan fingerprint density at radius 2 is 2.15 bits per heavy atom. The lowest BCUT2D eigenvalue weighted by Gasteiger charge is -2.15. The van der Waals surface area contributed by atoms with Crippen molar-refractivity contribution in [3.8, 4) is 0 Å². The van der Waals surface area contributed by atoms with E-state index >= 15 is 0 Å². The first-order valence-corrected chi connectivity index (χ1v) is 3.86. The molecular formula is C7H14F2N2O2. The van der Waals surface area contributed by atoms with Gasteiger partial charge in [0.25, 0.3) is 0 Å². The number of carbonyl (C=O) groups excluding carboxylic acids is 1. The van der Waals surface area contributed by atoms with E-state index in [-0.39, 0.29) is 12.5 Å². The molecule has 0 rings (SSSR count). The minimum absolute atomic E-state index is 0.150. The fourth-order valence-electron chi connectivity index (χ4n) is 0.594. The summed E-state index contributed by atoms with van der Waals surface area (Å²) in [6.07, 6.45) is 0. The molecule has 78 valence electrons. The van der Waals surface area contributed by atoms with Gasteiger partial charge in [-0.2, -0.15) is 8.78 Å². The van der Waals surface area contributed by atoms with Crippen molar-refractivity contribution in [3.05, 3.63) is 0 Å². The lowest BCUT2D eigenvalue weighted by Crippen LogP contribution is -2.46. The monoisotopic (exact) mass is 196 g/mol. The van der Waals surface area contributed by atoms with Gasteiger partial charge in [-0.1, -0.05) is 13.8 Å². The molecule has 0 radical (unpaired) electrons. The average molecular weight is 196 g/mol. The van der Waals surface area contributed by atoms with Crippen LogP contribution in [-0.2, 0) is 9.53 Å². The first kappa shape index (κ1) is 12.2. The molecule has 4 nitrogen and oxygen atoms in total. The molecule has 13 heavy (non-hydrogen) atoms. The number of hydrogen-bond donors (Lipinski definition) is 2. The van der Waals surface area contributed by atoms with Gasteiger partial charge in [-0.3, -0.25) is 10.2 Å². The van der Waals surface area contributed by atoms with Crippen LogP contribution < -0.4 is 11.3 Å². The molecule has 6 heteroatoms. The standard InChI is InChI=1S/C7H14F2N2O2/c1-5(2)3-13-4-7(8,9)6(12)11-10/h5H,3-4,10H2,1-2H3,(H,11,12). The van der Waals surface area contributed by atoms with Crippen LogP contribution in [-0.4, -0.2) is 25.0 Å². The topological polar surface area (TPSA) is 64.3 Å². The fourth-order valence-corrected chi connectivity index (χ4v) is 0.594. The van der Waals surface area contributed by atoms with Crippen molar-refractivity contribution in [2.24, 2.45) is 11.8 Å². The Bertz CT molecular complexity index is 174. The largest absolute Gasteiger partial charge is 0.374 e. The highest BCUT2D eigenvalue weighted by atomic mass is 19.3. The number of rotatable bonds is 5. The number of amides is 1. The van der Waals surface area contributed by atoms with Crippen LogP contribution in [0.4, 0.5) is 8.78 Å². The predicted octanol–water partition coefficient (Wildman–Crippen LogP) is 0.284. The molecule has 0 aliphatic rings. The van der Waals surface area contributed by atoms with Crippen molar-refractivity contribution >= 4 is 5.91 Å². The second-order valence-corrected chi connectivity index (χ2v) is 3.09. The number of nitrogens with two attached hydrogens (primary N) is 1. The second kappa shape index (κ2) is 5.08. The molecule has 0 fully saturated rings. The maximum Gasteiger partial charge on any atom is 0.348 e. The number of hydrogen-bond acceptors (Lipinski definition) is 3. The Hall–Kier alpha value is -0.750. The van der Waals surface area contributed by atoms with E-state index in [0.717, 1.165) is 0 Å². The van der Waals surface area contributed by atoms with Crippen LogP contribution in [0.15, 0.2) is 0 Å². The third kappa shape index (κ3) is 4.74. The highest BCUT2D eigenvalue weighted by Crippen LogP contribution is 2.13. The summed E-state index contributed by atoms with van der Waals surface area (Å²) < 4.78 is 29.9. The quantitative estimate of drug-likeness (QED) is 0.377. The number of halogens is 2. The number of hydrazine groups is 1. The summed E-state index contributed by atoms with van der Waals surface area (Å²) in [5, 5.41) is 0. The summed E-state index contributed by atoms with van der Waals surface area (Å²) >= 11 is 0. The second-order valence-electron chi connectivity index (χ2n) is 3.09. The minimum Gasteiger partial charge on any atom is -0.374 e. The van der Waals surface area contributed by atoms with Crippen LogP contribution in [0, 0.1) is 5.92 Å². The summed E-state index contributed by atoms with van der Waals surface area (Å²) in [4.78, 5) is 10.4. The van der Waals surface area contributed by atoms with E-state index in [0.29, 0.717) is 0 Å². The summed E-state index contributed by atoms with van der Waals surface area (Å²) in [5.74, 6) is -0.379. The molecular weight excluding hydrogens is 182 g/mol. The fraction of sp³-hybridized carbons (Fsp3) is 0.857. The third-order valence-electron chi connectivity index (χ3n) is 1.20. The average Bonchev–Trinajstić information content (AvgIpc) is 2.01. The van der Waals surface area contributed by atoms with E-state index in [9.17, 15) is 13.6 Å². The van der Waals surface area contributed by atoms with Gasteiger partial charge in [-0.05, 0) is 5.92 Å². The van der Waals surface area contributed by atoms with E-state index in [4.69, 9.17) is 0 Å². The molecule has 0 aromatic heterocycles. The Balaban J connectivity index is 3.82. The molecule has 0 unspecified atom stereocenters. The highest BCUT2D eigenvalue weighted by molar-refractivity contribution is 5.82. The molecule has 0 bridgehead atoms. The predicted molar refractivity (Wildman–Crippen MR) is 42.9 cm³/mol. The molecule has 0 atom stereocenters. The number of alkyl halides is 2. The van der Waals surface area contributed by atoms with Crippen LogP contribution >= 0.6 is 0 Å². The van der Waals surface area contributed by atoms with Gasteiger partial charge in [-0.25, -0.2) is 5.84 Å². The smallest absolute Gasteiger partial charge is 0.348 e. The Kier molecular flexibility index (Phi) is 4.79. The molecule has 0 saturated carbocycles. The van der Waals surface area contributed by atoms with Gasteiger partial charge in [-0.15, -0.1) is 0 Å². The van der Waals surface area contributed by atoms with Crippen molar-refractivity contribution < 1.29 is 18.3 Å². The number of ether oxygens (including phenoxy) is 1. The van der Waals surface area contributed by atoms with E-state index in [1.807, 2.05) is 13.8 Å². The molecule has 1 amide bonds. The normalized spacial score (nSPS) is 11.8. The minimum atomic E-state index is -3.55. The van der Waals surface area contributed by atoms with Crippen LogP contribution in [0.25, 0.3) is 0 Å². The van der Waals surface area contributed by atoms with Gasteiger partial charge in [0.2, 0.25) is 0 Å². The summed E-state index contributed by atoms with van der Waals surface area (Å²) in [6.45, 7) is 2.89. The zero-order chi connectivity index (χ0) is 10.5. The van der Waals surface area contributed by atoms with Gasteiger partial charge < -0.3 is 4.74 Å². The Morgan fingerprint density at radius 3 is 2.54 bits per heavy atom. The number of nitrogens with one attached hydrogen (secondary N) is 1. The third-order valence-corrected chi connectivity index (χ3v) is 1.20. The van der Waals surface area contributed by atoms with E-state index < -0.39 is 18.4 Å². The molecule has 0 heterocycles. The van der Waals surface area contributed by atoms with Gasteiger partial charge >= 0.3 is 11.8 Å². The SMILES string of the molecule is CC(C)COCC(F)(F)C(=O)NN. The first-order valence-electron chi connectivity index (χ1n) is 3.86. The molecule has 0 aromatic carbocycles. The lowest BCUT2D eigenvalue weighted by molar-refractivity contribution is -0.155. The zero-order valence-electron chi connectivity index (χ0n) is 7.64. The summed E-state index contributed by atoms with van der Waals surface area (Å²) in [6, 6.07) is 0. The summed E-state index contributed by atoms with van der Waals surface area (Å²) in [7, 11) is 0. The molecule has 0 aliphatic carbocycles. The molecule has 0 aromatic rings. The van der Waals surface area contributed by atoms with E-state index in [2.05, 4.69) is 10.6 Å². The maximum absolute atomic E-state index is 12.7. The van der Waals surface area contributed by atoms with Crippen LogP contribution in [0.1, 0.15) is 13.8 Å². The van der Waals surface area contributed by atoms with Crippen LogP contribution in [0.3, 0.4) is 0 Å². The van der Waals surface area contributed by atoms with Gasteiger partial charge in [0.1, 0.15) is 6.61 Å². The van der Waals surface area contributed by atoms with Crippen LogP contribution in [0.5, 0.6) is 0 Å². The van der Waals surface area contributed by atoms with Gasteiger partial charge in [0, 0.05) is 6.61 Å². The van der Waals surface area contributed by atoms with E-state index in [1.165, 1.54) is 5.43 Å². The van der Waals surface area contributed by atoms with Gasteiger partial charge in [0.05, 0.1) is 0 Å². The van der Waals surface area contributed by atoms with Crippen molar-refractivity contribution in [3.63, 3.8) is 0 Å². The Morgan fingerprint density at radius 1 is 1.62 bits per heavy atom. The maximum atomic E-state index is 12.7. The van der Waals surface area contributed by atoms with Crippen molar-refractivity contribution in [2.75, 3.05) is 13.2 Å². The lowest BCUT2D eigenvalue weighted by atomic mass is 10.2. The Labute approximate surface area is 75.4 Å². The zero-order valence-corrected chi connectivity index (χ0v) is 7.64. The van der Waals surface area contributed by atoms with Crippen molar-refractivity contribution in [1.82, 2.24) is 5.43 Å². The van der Waals surface area contributed by atoms with Crippen molar-refractivity contribution in [2.45, 2.75) is 19.8 Å². The number of carbonyl (C=O) groups is 1. The summed E-state index contributed by atoms with van der Waals surface area (Å²) in [5.41, 5.74) is 1.37. The molecule has 0 saturated heterocycles. The highest BCUT2D eigenvalue weighted by Gasteiger charge is 2.38. The molecule has 0 spiro atoms. The van der Waals surface area contributed by atoms with E-state index in [1.54, 1.807) is 0 Å². The van der Waals surface area contributed by atoms with Gasteiger partial charge in [0.15, 0.2) is 0 Å². The molecule has 0 aliphatic heterocycles. The first-order chi connectivity index (χ1) is 5.90. The van der Waals surface area contributed by atoms with Crippen molar-refractivity contribution in [1.29, 1.82) is 0 Å².